The average Bonchev–Trinajstić information content (AvgIpc) is 1.73. The number of anilines is 1. The quantitative estimate of drug-likeness (QED) is 0.00765. The smallest absolute Gasteiger partial charge is 0.299 e. The highest BCUT2D eigenvalue weighted by molar-refractivity contribution is 6.00. The number of nitro groups is 2. The number of aliphatic hydroxyl groups excluding tert-OH is 1. The molecule has 2 saturated heterocycles. The van der Waals surface area contributed by atoms with E-state index in [9.17, 15) is 78.4 Å². The van der Waals surface area contributed by atoms with Crippen LogP contribution in [0.3, 0.4) is 0 Å². The zero-order valence-electron chi connectivity index (χ0n) is 56.9. The van der Waals surface area contributed by atoms with Crippen molar-refractivity contribution in [2.24, 2.45) is 28.1 Å². The van der Waals surface area contributed by atoms with Crippen molar-refractivity contribution >= 4 is 98.9 Å². The Kier molecular flexibility index (Phi) is 29.1. The van der Waals surface area contributed by atoms with Crippen molar-refractivity contribution in [3.63, 3.8) is 0 Å². The summed E-state index contributed by atoms with van der Waals surface area (Å²) in [5.41, 5.74) is 17.4. The Bertz CT molecular complexity index is 3910. The van der Waals surface area contributed by atoms with E-state index in [0.717, 1.165) is 18.2 Å². The number of aromatic amines is 1. The van der Waals surface area contributed by atoms with Gasteiger partial charge in [-0.3, -0.25) is 78.0 Å². The first-order chi connectivity index (χ1) is 49.2. The zero-order valence-corrected chi connectivity index (χ0v) is 56.9. The first-order valence-corrected chi connectivity index (χ1v) is 33.7. The van der Waals surface area contributed by atoms with Gasteiger partial charge in [0.05, 0.1) is 29.1 Å². The molecule has 103 heavy (non-hydrogen) atoms. The number of nitrogens with zero attached hydrogens (tertiary/aromatic N) is 4. The number of aliphatic hydroxyl groups is 1. The van der Waals surface area contributed by atoms with Gasteiger partial charge < -0.3 is 90.5 Å². The number of H-pyrrole nitrogens is 1. The van der Waals surface area contributed by atoms with Gasteiger partial charge in [0.15, 0.2) is 5.96 Å². The summed E-state index contributed by atoms with van der Waals surface area (Å²) in [6.07, 6.45) is 1.81. The summed E-state index contributed by atoms with van der Waals surface area (Å²) in [5.74, 6) is -9.69. The van der Waals surface area contributed by atoms with Gasteiger partial charge in [0.2, 0.25) is 65.0 Å². The number of likely N-dealkylation sites (tertiary alicyclic amines) is 1. The maximum absolute atomic E-state index is 15.1. The number of aliphatic imine (C=N–C) groups is 1. The topological polar surface area (TPSA) is 544 Å². The number of guanidine groups is 1. The molecule has 11 amide bonds. The number of amides is 11. The summed E-state index contributed by atoms with van der Waals surface area (Å²) in [4.78, 5) is 184. The van der Waals surface area contributed by atoms with Crippen LogP contribution in [-0.4, -0.2) is 188 Å². The van der Waals surface area contributed by atoms with Crippen LogP contribution in [0.2, 0.25) is 0 Å². The van der Waals surface area contributed by atoms with Crippen molar-refractivity contribution in [3.05, 3.63) is 140 Å². The van der Waals surface area contributed by atoms with Crippen LogP contribution in [0.1, 0.15) is 94.7 Å². The molecule has 0 aliphatic carbocycles. The van der Waals surface area contributed by atoms with Gasteiger partial charge >= 0.3 is 0 Å². The molecule has 0 saturated carbocycles. The van der Waals surface area contributed by atoms with Crippen molar-refractivity contribution in [2.75, 3.05) is 38.1 Å². The van der Waals surface area contributed by atoms with E-state index in [1.807, 2.05) is 0 Å². The second kappa shape index (κ2) is 38.1. The van der Waals surface area contributed by atoms with Crippen LogP contribution in [0, 0.1) is 26.1 Å². The lowest BCUT2D eigenvalue weighted by atomic mass is 10.00. The Hall–Kier alpha value is -11.8. The summed E-state index contributed by atoms with van der Waals surface area (Å²) in [5, 5.41) is 71.8. The van der Waals surface area contributed by atoms with Gasteiger partial charge in [-0.15, -0.1) is 0 Å². The molecule has 0 spiro atoms. The molecule has 2 aliphatic heterocycles. The Balaban J connectivity index is 1.16. The number of nitrogens with two attached hydrogens (primary N) is 3. The van der Waals surface area contributed by atoms with Crippen molar-refractivity contribution in [1.29, 1.82) is 0 Å². The number of non-ortho nitro benzene ring substituents is 1. The number of unbranched alkanes of at least 4 members (excludes halogenated alkanes) is 1. The predicted octanol–water partition coefficient (Wildman–Crippen LogP) is -0.643. The van der Waals surface area contributed by atoms with E-state index in [-0.39, 0.29) is 126 Å². The molecule has 0 bridgehead atoms. The first kappa shape index (κ1) is 78.6. The molecule has 7 rings (SSSR count). The highest BCUT2D eigenvalue weighted by atomic mass is 16.6. The number of phenolic OH excluding ortho intramolecular Hbond substituents is 1. The van der Waals surface area contributed by atoms with Crippen molar-refractivity contribution in [1.82, 2.24) is 57.7 Å². The van der Waals surface area contributed by atoms with Crippen LogP contribution in [0.5, 0.6) is 5.75 Å². The van der Waals surface area contributed by atoms with Gasteiger partial charge in [-0.05, 0) is 105 Å². The fourth-order valence-corrected chi connectivity index (χ4v) is 11.9. The molecule has 9 atom stereocenters. The fourth-order valence-electron chi connectivity index (χ4n) is 11.9. The maximum atomic E-state index is 15.1. The van der Waals surface area contributed by atoms with Crippen LogP contribution in [0.15, 0.2) is 108 Å². The SMILES string of the molecule is CC(C)C[C@H](NC(=O)[C@@H](CCCCNc1ccc([N+](=O)[O-])cc1[N+](=O)[O-])NC(=O)[C@H](Cc1ccc(O)cc1)NC(=O)[C@H](CO)NC(=O)[C@@H](Cc1c[nH]c2ccccc12)NC(=O)[C@@H](Cc1ccccc1)NC(=O)[C@H]1CCC(=O)N1)C(=O)N[C@@H](CCCN=C(N)N)C(=O)N1CCC[C@H]1C(=O)NCC(N)=O. The number of carbonyl (C=O) groups is 11. The zero-order chi connectivity index (χ0) is 74.9. The van der Waals surface area contributed by atoms with E-state index >= 15 is 4.79 Å². The third-order valence-corrected chi connectivity index (χ3v) is 17.2. The summed E-state index contributed by atoms with van der Waals surface area (Å²) < 4.78 is 0. The van der Waals surface area contributed by atoms with E-state index < -0.39 is 148 Å². The van der Waals surface area contributed by atoms with Gasteiger partial charge in [0.1, 0.15) is 65.8 Å². The molecular weight excluding hydrogens is 1340 g/mol. The lowest BCUT2D eigenvalue weighted by Gasteiger charge is -2.30. The van der Waals surface area contributed by atoms with Gasteiger partial charge in [0.25, 0.3) is 11.4 Å². The molecule has 1 aromatic heterocycles. The third-order valence-electron chi connectivity index (χ3n) is 17.2. The molecule has 19 N–H and O–H groups in total. The second-order valence-electron chi connectivity index (χ2n) is 25.5. The number of hydrogen-bond acceptors (Lipinski definition) is 19. The third kappa shape index (κ3) is 23.7. The molecule has 35 nitrogen and oxygen atoms in total. The summed E-state index contributed by atoms with van der Waals surface area (Å²) >= 11 is 0. The number of benzene rings is 4. The number of hydrogen-bond donors (Lipinski definition) is 16. The Morgan fingerprint density at radius 1 is 0.650 bits per heavy atom. The summed E-state index contributed by atoms with van der Waals surface area (Å²) in [6, 6.07) is 11.5. The standard InChI is InChI=1S/C68H88N18O17/c1-38(2)30-50(61(93)78-49(17-10-28-73-68(70)71)67(99)84-29-11-18-55(84)66(98)75-36-57(69)89)79-59(91)47(16-8-9-27-72-46-24-21-42(85(100)101)34-56(46)86(102)103)77-62(94)52(32-40-19-22-43(88)23-20-40)81-65(97)54(37-87)83-64(96)53(33-41-35-74-45-15-7-6-14-44(41)45)82-63(95)51(31-39-12-4-3-5-13-39)80-60(92)48-25-26-58(90)76-48/h3-7,12-15,19-24,34-35,38,47-55,72,74,87-88H,8-11,16-18,25-33,36-37H2,1-2H3,(H2,69,89)(H,75,98)(H,76,90)(H,77,94)(H,78,93)(H,79,91)(H,80,92)(H,81,97)(H,82,95)(H,83,96)(H4,70,71,73)/t47-,48-,49+,50+,51-,52+,53-,54+,55+/m1/s1. The molecule has 4 aromatic carbocycles. The number of aromatic nitrogens is 1. The number of fused-ring (bicyclic) bond motifs is 1. The minimum Gasteiger partial charge on any atom is -0.508 e. The van der Waals surface area contributed by atoms with Crippen molar-refractivity contribution < 1.29 is 72.8 Å². The minimum absolute atomic E-state index is 0.0190. The van der Waals surface area contributed by atoms with Gasteiger partial charge in [-0.1, -0.05) is 74.5 Å². The predicted molar refractivity (Wildman–Crippen MR) is 374 cm³/mol. The molecule has 3 heterocycles. The Morgan fingerprint density at radius 2 is 1.23 bits per heavy atom. The largest absolute Gasteiger partial charge is 0.508 e. The van der Waals surface area contributed by atoms with E-state index in [4.69, 9.17) is 17.2 Å². The van der Waals surface area contributed by atoms with Crippen LogP contribution in [0.25, 0.3) is 10.9 Å². The lowest BCUT2D eigenvalue weighted by molar-refractivity contribution is -0.393. The van der Waals surface area contributed by atoms with E-state index in [1.54, 1.807) is 74.6 Å². The van der Waals surface area contributed by atoms with Gasteiger partial charge in [0, 0.05) is 68.5 Å². The highest BCUT2D eigenvalue weighted by Gasteiger charge is 2.40. The second-order valence-corrected chi connectivity index (χ2v) is 25.5. The van der Waals surface area contributed by atoms with E-state index in [0.29, 0.717) is 34.0 Å². The highest BCUT2D eigenvalue weighted by Crippen LogP contribution is 2.29. The summed E-state index contributed by atoms with van der Waals surface area (Å²) in [6.45, 7) is 2.01. The number of carbonyl (C=O) groups excluding carboxylic acids is 11. The lowest BCUT2D eigenvalue weighted by Crippen LogP contribution is -2.61. The van der Waals surface area contributed by atoms with Crippen molar-refractivity contribution in [2.45, 2.75) is 152 Å². The molecule has 552 valence electrons. The Morgan fingerprint density at radius 3 is 1.86 bits per heavy atom. The maximum Gasteiger partial charge on any atom is 0.299 e. The van der Waals surface area contributed by atoms with Crippen LogP contribution >= 0.6 is 0 Å². The fraction of sp³-hybridized carbons (Fsp3) is 0.441. The molecule has 0 radical (unpaired) electrons. The number of nitrogens with one attached hydrogen (secondary N) is 11. The number of phenols is 1. The van der Waals surface area contributed by atoms with Crippen LogP contribution in [-0.2, 0) is 72.0 Å². The van der Waals surface area contributed by atoms with Crippen LogP contribution in [0.4, 0.5) is 17.1 Å². The number of para-hydroxylation sites is 1. The number of aromatic hydroxyl groups is 1. The normalized spacial score (nSPS) is 16.0. The number of primary amides is 1. The molecule has 2 fully saturated rings. The summed E-state index contributed by atoms with van der Waals surface area (Å²) in [7, 11) is 0. The molecule has 5 aromatic rings. The van der Waals surface area contributed by atoms with Gasteiger partial charge in [-0.2, -0.15) is 0 Å². The molecule has 0 unspecified atom stereocenters. The van der Waals surface area contributed by atoms with E-state index in [1.165, 1.54) is 29.2 Å². The Labute approximate surface area is 591 Å². The number of rotatable bonds is 39. The van der Waals surface area contributed by atoms with Crippen LogP contribution < -0.4 is 70.4 Å². The molecular formula is C68H88N18O17. The molecule has 35 heteroatoms. The van der Waals surface area contributed by atoms with Gasteiger partial charge in [-0.25, -0.2) is 0 Å². The minimum atomic E-state index is -1.86. The monoisotopic (exact) mass is 1430 g/mol. The van der Waals surface area contributed by atoms with Crippen molar-refractivity contribution in [3.8, 4) is 5.75 Å². The molecule has 2 aliphatic rings. The average molecular weight is 1430 g/mol. The first-order valence-electron chi connectivity index (χ1n) is 33.7. The van der Waals surface area contributed by atoms with E-state index in [2.05, 4.69) is 63.1 Å². The number of nitro benzene ring substituents is 2.